The monoisotopic (exact) mass is 409 g/mol. The number of aliphatic hydroxyl groups is 1. The Morgan fingerprint density at radius 1 is 0.964 bits per heavy atom. The molecule has 1 heterocycles. The lowest BCUT2D eigenvalue weighted by molar-refractivity contribution is 0.127. The van der Waals surface area contributed by atoms with Gasteiger partial charge in [-0.05, 0) is 23.6 Å². The average molecular weight is 410 g/mol. The fraction of sp³-hybridized carbons (Fsp3) is 0.143. The van der Waals surface area contributed by atoms with Gasteiger partial charge in [0.15, 0.2) is 4.34 Å². The van der Waals surface area contributed by atoms with Crippen LogP contribution < -0.4 is 10.1 Å². The van der Waals surface area contributed by atoms with Crippen LogP contribution in [0.1, 0.15) is 0 Å². The van der Waals surface area contributed by atoms with Gasteiger partial charge in [-0.1, -0.05) is 77.7 Å². The lowest BCUT2D eigenvalue weighted by Crippen LogP contribution is -2.20. The number of nitrogens with one attached hydrogen (secondary N) is 1. The molecule has 0 aliphatic heterocycles. The van der Waals surface area contributed by atoms with Gasteiger partial charge in [0.1, 0.15) is 12.4 Å². The number of hydrogen-bond donors (Lipinski definition) is 2. The van der Waals surface area contributed by atoms with Crippen molar-refractivity contribution in [2.45, 2.75) is 10.4 Å². The van der Waals surface area contributed by atoms with Gasteiger partial charge in [0, 0.05) is 16.8 Å². The molecule has 4 aromatic rings. The predicted molar refractivity (Wildman–Crippen MR) is 116 cm³/mol. The van der Waals surface area contributed by atoms with E-state index >= 15 is 0 Å². The summed E-state index contributed by atoms with van der Waals surface area (Å²) >= 11 is 2.94. The summed E-state index contributed by atoms with van der Waals surface area (Å²) in [5, 5.41) is 24.7. The zero-order chi connectivity index (χ0) is 19.2. The molecule has 0 aliphatic rings. The van der Waals surface area contributed by atoms with Crippen LogP contribution in [0.2, 0.25) is 0 Å². The smallest absolute Gasteiger partial charge is 0.210 e. The normalized spacial score (nSPS) is 12.0. The number of ether oxygens (including phenoxy) is 1. The average Bonchev–Trinajstić information content (AvgIpc) is 3.18. The van der Waals surface area contributed by atoms with Gasteiger partial charge in [-0.15, -0.1) is 10.2 Å². The number of para-hydroxylation sites is 1. The molecule has 0 fully saturated rings. The topological polar surface area (TPSA) is 67.3 Å². The molecule has 7 heteroatoms. The van der Waals surface area contributed by atoms with E-state index in [1.807, 2.05) is 72.8 Å². The van der Waals surface area contributed by atoms with Crippen molar-refractivity contribution in [3.8, 4) is 5.75 Å². The summed E-state index contributed by atoms with van der Waals surface area (Å²) in [4.78, 5) is 0. The minimum Gasteiger partial charge on any atom is -0.490 e. The minimum atomic E-state index is -0.599. The molecule has 0 bridgehead atoms. The van der Waals surface area contributed by atoms with Crippen LogP contribution in [0.3, 0.4) is 0 Å². The molecular formula is C21H19N3O2S2. The second kappa shape index (κ2) is 9.05. The Kier molecular flexibility index (Phi) is 6.06. The summed E-state index contributed by atoms with van der Waals surface area (Å²) < 4.78 is 6.65. The van der Waals surface area contributed by atoms with E-state index in [0.717, 1.165) is 31.7 Å². The Hall–Kier alpha value is -2.61. The van der Waals surface area contributed by atoms with Gasteiger partial charge in [-0.3, -0.25) is 0 Å². The molecule has 4 rings (SSSR count). The van der Waals surface area contributed by atoms with Crippen LogP contribution in [0.5, 0.6) is 5.75 Å². The summed E-state index contributed by atoms with van der Waals surface area (Å²) in [6, 6.07) is 23.8. The van der Waals surface area contributed by atoms with Crippen LogP contribution in [0.4, 0.5) is 10.8 Å². The molecule has 1 atom stereocenters. The molecular weight excluding hydrogens is 390 g/mol. The molecule has 1 aromatic heterocycles. The lowest BCUT2D eigenvalue weighted by Gasteiger charge is -2.13. The van der Waals surface area contributed by atoms with Crippen molar-refractivity contribution in [2.24, 2.45) is 0 Å². The first-order valence-electron chi connectivity index (χ1n) is 8.85. The van der Waals surface area contributed by atoms with Crippen LogP contribution in [0.25, 0.3) is 10.8 Å². The molecule has 3 aromatic carbocycles. The standard InChI is InChI=1S/C21H19N3O2S2/c25-17(13-26-19-12-6-8-15-7-4-5-11-18(15)19)14-27-21-24-23-20(28-21)22-16-9-2-1-3-10-16/h1-12,17,25H,13-14H2,(H,22,23)/t17-/m0/s1. The Morgan fingerprint density at radius 3 is 2.64 bits per heavy atom. The van der Waals surface area contributed by atoms with Crippen LogP contribution in [0.15, 0.2) is 77.1 Å². The first-order chi connectivity index (χ1) is 13.8. The van der Waals surface area contributed by atoms with Gasteiger partial charge < -0.3 is 15.2 Å². The largest absolute Gasteiger partial charge is 0.490 e. The van der Waals surface area contributed by atoms with Crippen molar-refractivity contribution in [2.75, 3.05) is 17.7 Å². The van der Waals surface area contributed by atoms with Crippen molar-refractivity contribution in [1.29, 1.82) is 0 Å². The fourth-order valence-corrected chi connectivity index (χ4v) is 4.39. The van der Waals surface area contributed by atoms with Gasteiger partial charge in [0.25, 0.3) is 0 Å². The van der Waals surface area contributed by atoms with Gasteiger partial charge in [-0.25, -0.2) is 0 Å². The van der Waals surface area contributed by atoms with Crippen molar-refractivity contribution in [3.63, 3.8) is 0 Å². The number of benzene rings is 3. The molecule has 5 nitrogen and oxygen atoms in total. The highest BCUT2D eigenvalue weighted by molar-refractivity contribution is 8.01. The van der Waals surface area contributed by atoms with E-state index in [1.54, 1.807) is 0 Å². The molecule has 2 N–H and O–H groups in total. The van der Waals surface area contributed by atoms with E-state index in [9.17, 15) is 5.11 Å². The maximum absolute atomic E-state index is 10.3. The van der Waals surface area contributed by atoms with E-state index in [2.05, 4.69) is 15.5 Å². The number of nitrogens with zero attached hydrogens (tertiary/aromatic N) is 2. The van der Waals surface area contributed by atoms with E-state index in [1.165, 1.54) is 23.1 Å². The summed E-state index contributed by atoms with van der Waals surface area (Å²) in [6.07, 6.45) is -0.599. The Bertz CT molecular complexity index is 1030. The number of aliphatic hydroxyl groups excluding tert-OH is 1. The molecule has 0 saturated carbocycles. The fourth-order valence-electron chi connectivity index (χ4n) is 2.69. The minimum absolute atomic E-state index is 0.231. The van der Waals surface area contributed by atoms with E-state index in [4.69, 9.17) is 4.74 Å². The summed E-state index contributed by atoms with van der Waals surface area (Å²) in [6.45, 7) is 0.231. The second-order valence-corrected chi connectivity index (χ2v) is 8.36. The van der Waals surface area contributed by atoms with Crippen LogP contribution in [-0.4, -0.2) is 33.8 Å². The summed E-state index contributed by atoms with van der Waals surface area (Å²) in [5.74, 6) is 1.28. The van der Waals surface area contributed by atoms with Gasteiger partial charge in [0.05, 0.1) is 6.10 Å². The lowest BCUT2D eigenvalue weighted by atomic mass is 10.1. The van der Waals surface area contributed by atoms with Gasteiger partial charge in [-0.2, -0.15) is 0 Å². The number of anilines is 2. The zero-order valence-electron chi connectivity index (χ0n) is 15.0. The Balaban J connectivity index is 1.28. The Labute approximate surface area is 171 Å². The van der Waals surface area contributed by atoms with Crippen LogP contribution in [0, 0.1) is 0 Å². The molecule has 0 radical (unpaired) electrons. The summed E-state index contributed by atoms with van der Waals surface area (Å²) in [7, 11) is 0. The van der Waals surface area contributed by atoms with E-state index < -0.39 is 6.10 Å². The van der Waals surface area contributed by atoms with Crippen LogP contribution in [-0.2, 0) is 0 Å². The number of fused-ring (bicyclic) bond motifs is 1. The van der Waals surface area contributed by atoms with E-state index in [0.29, 0.717) is 5.75 Å². The zero-order valence-corrected chi connectivity index (χ0v) is 16.6. The number of hydrogen-bond acceptors (Lipinski definition) is 7. The van der Waals surface area contributed by atoms with Crippen LogP contribution >= 0.6 is 23.1 Å². The van der Waals surface area contributed by atoms with Gasteiger partial charge in [0.2, 0.25) is 5.13 Å². The van der Waals surface area contributed by atoms with Crippen molar-refractivity contribution < 1.29 is 9.84 Å². The molecule has 0 amide bonds. The highest BCUT2D eigenvalue weighted by Gasteiger charge is 2.11. The first kappa shape index (κ1) is 18.7. The third-order valence-corrected chi connectivity index (χ3v) is 6.13. The maximum atomic E-state index is 10.3. The van der Waals surface area contributed by atoms with Gasteiger partial charge >= 0.3 is 0 Å². The quantitative estimate of drug-likeness (QED) is 0.401. The second-order valence-electron chi connectivity index (χ2n) is 6.12. The summed E-state index contributed by atoms with van der Waals surface area (Å²) in [5.41, 5.74) is 0.971. The van der Waals surface area contributed by atoms with Crippen molar-refractivity contribution in [1.82, 2.24) is 10.2 Å². The highest BCUT2D eigenvalue weighted by atomic mass is 32.2. The molecule has 142 valence electrons. The third-order valence-electron chi connectivity index (χ3n) is 4.01. The molecule has 0 aliphatic carbocycles. The maximum Gasteiger partial charge on any atom is 0.210 e. The van der Waals surface area contributed by atoms with Crippen molar-refractivity contribution in [3.05, 3.63) is 72.8 Å². The first-order valence-corrected chi connectivity index (χ1v) is 10.6. The molecule has 28 heavy (non-hydrogen) atoms. The van der Waals surface area contributed by atoms with E-state index in [-0.39, 0.29) is 6.61 Å². The predicted octanol–water partition coefficient (Wildman–Crippen LogP) is 4.97. The molecule has 0 saturated heterocycles. The number of rotatable bonds is 8. The molecule has 0 unspecified atom stereocenters. The molecule has 0 spiro atoms. The number of aromatic nitrogens is 2. The highest BCUT2D eigenvalue weighted by Crippen LogP contribution is 2.29. The SMILES string of the molecule is O[C@@H](COc1cccc2ccccc12)CSc1nnc(Nc2ccccc2)s1. The Morgan fingerprint density at radius 2 is 1.75 bits per heavy atom. The third kappa shape index (κ3) is 4.81. The van der Waals surface area contributed by atoms with Crippen molar-refractivity contribution >= 4 is 44.7 Å². The number of thioether (sulfide) groups is 1.